The number of nitrogens with one attached hydrogen (secondary N) is 1. The van der Waals surface area contributed by atoms with E-state index in [1.165, 1.54) is 0 Å². The fourth-order valence-electron chi connectivity index (χ4n) is 1.77. The van der Waals surface area contributed by atoms with Crippen LogP contribution < -0.4 is 5.32 Å². The second-order valence-corrected chi connectivity index (χ2v) is 4.30. The van der Waals surface area contributed by atoms with Crippen LogP contribution >= 0.6 is 0 Å². The number of carbonyl (C=O) groups is 2. The summed E-state index contributed by atoms with van der Waals surface area (Å²) >= 11 is 0. The minimum atomic E-state index is -1.32. The monoisotopic (exact) mass is 284 g/mol. The molecule has 9 nitrogen and oxygen atoms in total. The largest absolute Gasteiger partial charge is 0.480 e. The summed E-state index contributed by atoms with van der Waals surface area (Å²) < 4.78 is 1.09. The van der Waals surface area contributed by atoms with Gasteiger partial charge in [0.15, 0.2) is 0 Å². The van der Waals surface area contributed by atoms with E-state index in [1.54, 1.807) is 13.8 Å². The summed E-state index contributed by atoms with van der Waals surface area (Å²) in [5.74, 6) is -1.67. The molecule has 1 rings (SSSR count). The molecule has 0 bridgehead atoms. The van der Waals surface area contributed by atoms with Crippen LogP contribution in [0.3, 0.4) is 0 Å². The predicted octanol–water partition coefficient (Wildman–Crippen LogP) is 0.551. The van der Waals surface area contributed by atoms with Crippen LogP contribution in [0, 0.1) is 10.1 Å². The summed E-state index contributed by atoms with van der Waals surface area (Å²) in [6, 6.07) is 0. The van der Waals surface area contributed by atoms with Crippen molar-refractivity contribution in [3.05, 3.63) is 22.5 Å². The lowest BCUT2D eigenvalue weighted by Gasteiger charge is -2.27. The summed E-state index contributed by atoms with van der Waals surface area (Å²) in [5, 5.41) is 25.8. The molecule has 20 heavy (non-hydrogen) atoms. The Labute approximate surface area is 114 Å². The molecule has 110 valence electrons. The number of nitro groups is 1. The van der Waals surface area contributed by atoms with Gasteiger partial charge in [0.1, 0.15) is 24.5 Å². The first-order valence-electron chi connectivity index (χ1n) is 6.06. The summed E-state index contributed by atoms with van der Waals surface area (Å²) in [6.07, 6.45) is 2.62. The average Bonchev–Trinajstić information content (AvgIpc) is 2.84. The van der Waals surface area contributed by atoms with Gasteiger partial charge in [-0.1, -0.05) is 13.8 Å². The average molecular weight is 284 g/mol. The van der Waals surface area contributed by atoms with Crippen molar-refractivity contribution in [2.45, 2.75) is 38.8 Å². The Morgan fingerprint density at radius 2 is 2.10 bits per heavy atom. The third kappa shape index (κ3) is 3.31. The van der Waals surface area contributed by atoms with Crippen LogP contribution in [0.15, 0.2) is 12.4 Å². The zero-order valence-electron chi connectivity index (χ0n) is 11.2. The third-order valence-corrected chi connectivity index (χ3v) is 3.13. The number of amides is 1. The van der Waals surface area contributed by atoms with E-state index < -0.39 is 22.3 Å². The first-order valence-corrected chi connectivity index (χ1v) is 6.06. The molecule has 0 aliphatic heterocycles. The van der Waals surface area contributed by atoms with Crippen molar-refractivity contribution < 1.29 is 19.6 Å². The number of carboxylic acid groups (broad SMARTS) is 1. The molecule has 0 saturated heterocycles. The zero-order valence-corrected chi connectivity index (χ0v) is 11.2. The number of nitrogens with zero attached hydrogens (tertiary/aromatic N) is 3. The fraction of sp³-hybridized carbons (Fsp3) is 0.545. The van der Waals surface area contributed by atoms with Crippen LogP contribution in [-0.4, -0.2) is 37.2 Å². The minimum Gasteiger partial charge on any atom is -0.480 e. The highest BCUT2D eigenvalue weighted by Crippen LogP contribution is 2.15. The van der Waals surface area contributed by atoms with Crippen LogP contribution in [0.2, 0.25) is 0 Å². The Hall–Kier alpha value is -2.45. The Morgan fingerprint density at radius 1 is 1.50 bits per heavy atom. The maximum Gasteiger partial charge on any atom is 0.329 e. The van der Waals surface area contributed by atoms with Crippen LogP contribution in [0.5, 0.6) is 0 Å². The molecular weight excluding hydrogens is 268 g/mol. The van der Waals surface area contributed by atoms with Gasteiger partial charge in [-0.05, 0) is 12.8 Å². The first-order chi connectivity index (χ1) is 9.34. The number of aliphatic carboxylic acids is 1. The van der Waals surface area contributed by atoms with Gasteiger partial charge in [-0.3, -0.25) is 19.6 Å². The van der Waals surface area contributed by atoms with Crippen LogP contribution in [-0.2, 0) is 16.1 Å². The highest BCUT2D eigenvalue weighted by Gasteiger charge is 2.36. The van der Waals surface area contributed by atoms with Crippen molar-refractivity contribution in [3.63, 3.8) is 0 Å². The lowest BCUT2D eigenvalue weighted by Crippen LogP contribution is -2.54. The topological polar surface area (TPSA) is 127 Å². The molecule has 0 aliphatic carbocycles. The predicted molar refractivity (Wildman–Crippen MR) is 68.0 cm³/mol. The van der Waals surface area contributed by atoms with Crippen LogP contribution in [0.25, 0.3) is 0 Å². The molecule has 0 radical (unpaired) electrons. The molecule has 1 aromatic heterocycles. The van der Waals surface area contributed by atoms with Gasteiger partial charge in [0.25, 0.3) is 0 Å². The summed E-state index contributed by atoms with van der Waals surface area (Å²) in [4.78, 5) is 32.9. The molecule has 0 aromatic carbocycles. The van der Waals surface area contributed by atoms with E-state index in [0.717, 1.165) is 17.1 Å². The maximum absolute atomic E-state index is 11.8. The summed E-state index contributed by atoms with van der Waals surface area (Å²) in [6.45, 7) is 3.05. The molecule has 2 N–H and O–H groups in total. The molecule has 0 aliphatic rings. The normalized spacial score (nSPS) is 11.1. The third-order valence-electron chi connectivity index (χ3n) is 3.13. The molecule has 0 saturated carbocycles. The lowest BCUT2D eigenvalue weighted by molar-refractivity contribution is -0.385. The van der Waals surface area contributed by atoms with Gasteiger partial charge in [-0.2, -0.15) is 5.10 Å². The van der Waals surface area contributed by atoms with Gasteiger partial charge in [0.2, 0.25) is 5.91 Å². The molecule has 9 heteroatoms. The van der Waals surface area contributed by atoms with E-state index in [2.05, 4.69) is 10.4 Å². The number of aromatic nitrogens is 2. The Balaban J connectivity index is 2.75. The lowest BCUT2D eigenvalue weighted by atomic mass is 9.93. The summed E-state index contributed by atoms with van der Waals surface area (Å²) in [5.41, 5.74) is -1.55. The van der Waals surface area contributed by atoms with Crippen molar-refractivity contribution in [2.24, 2.45) is 0 Å². The van der Waals surface area contributed by atoms with Gasteiger partial charge in [0.05, 0.1) is 4.92 Å². The second kappa shape index (κ2) is 6.13. The van der Waals surface area contributed by atoms with Gasteiger partial charge in [-0.25, -0.2) is 4.79 Å². The number of hydrogen-bond acceptors (Lipinski definition) is 5. The maximum atomic E-state index is 11.8. The molecule has 1 amide bonds. The van der Waals surface area contributed by atoms with E-state index in [4.69, 9.17) is 0 Å². The number of carboxylic acids is 1. The zero-order chi connectivity index (χ0) is 15.3. The molecule has 0 fully saturated rings. The molecular formula is C11H16N4O5. The van der Waals surface area contributed by atoms with Gasteiger partial charge in [0, 0.05) is 0 Å². The SMILES string of the molecule is CCC(CC)(NC(=O)Cn1cc([N+](=O)[O-])cn1)C(=O)O. The van der Waals surface area contributed by atoms with Crippen molar-refractivity contribution in [2.75, 3.05) is 0 Å². The van der Waals surface area contributed by atoms with Crippen molar-refractivity contribution in [3.8, 4) is 0 Å². The Bertz CT molecular complexity index is 521. The van der Waals surface area contributed by atoms with Crippen molar-refractivity contribution >= 4 is 17.6 Å². The second-order valence-electron chi connectivity index (χ2n) is 4.30. The van der Waals surface area contributed by atoms with Gasteiger partial charge < -0.3 is 10.4 Å². The first kappa shape index (κ1) is 15.6. The van der Waals surface area contributed by atoms with Gasteiger partial charge in [-0.15, -0.1) is 0 Å². The van der Waals surface area contributed by atoms with Crippen molar-refractivity contribution in [1.29, 1.82) is 0 Å². The van der Waals surface area contributed by atoms with E-state index in [1.807, 2.05) is 0 Å². The van der Waals surface area contributed by atoms with Crippen LogP contribution in [0.1, 0.15) is 26.7 Å². The van der Waals surface area contributed by atoms with Crippen molar-refractivity contribution in [1.82, 2.24) is 15.1 Å². The van der Waals surface area contributed by atoms with E-state index in [-0.39, 0.29) is 25.1 Å². The highest BCUT2D eigenvalue weighted by atomic mass is 16.6. The van der Waals surface area contributed by atoms with Crippen LogP contribution in [0.4, 0.5) is 5.69 Å². The molecule has 0 unspecified atom stereocenters. The Kier molecular flexibility index (Phi) is 4.78. The molecule has 0 atom stereocenters. The number of rotatable bonds is 7. The van der Waals surface area contributed by atoms with Gasteiger partial charge >= 0.3 is 11.7 Å². The van der Waals surface area contributed by atoms with E-state index in [0.29, 0.717) is 0 Å². The van der Waals surface area contributed by atoms with E-state index >= 15 is 0 Å². The summed E-state index contributed by atoms with van der Waals surface area (Å²) in [7, 11) is 0. The number of carbonyl (C=O) groups excluding carboxylic acids is 1. The molecule has 1 heterocycles. The standard InChI is InChI=1S/C11H16N4O5/c1-3-11(4-2,10(17)18)13-9(16)7-14-6-8(5-12-14)15(19)20/h5-6H,3-4,7H2,1-2H3,(H,13,16)(H,17,18). The molecule has 1 aromatic rings. The highest BCUT2D eigenvalue weighted by molar-refractivity contribution is 5.86. The fourth-order valence-corrected chi connectivity index (χ4v) is 1.77. The minimum absolute atomic E-state index is 0.228. The molecule has 0 spiro atoms. The number of hydrogen-bond donors (Lipinski definition) is 2. The van der Waals surface area contributed by atoms with E-state index in [9.17, 15) is 24.8 Å². The Morgan fingerprint density at radius 3 is 2.50 bits per heavy atom. The quantitative estimate of drug-likeness (QED) is 0.556. The smallest absolute Gasteiger partial charge is 0.329 e.